The third-order valence-corrected chi connectivity index (χ3v) is 7.02. The van der Waals surface area contributed by atoms with Crippen LogP contribution in [0.15, 0.2) is 42.5 Å². The number of amides is 1. The van der Waals surface area contributed by atoms with Crippen molar-refractivity contribution in [2.75, 3.05) is 26.2 Å². The molecule has 7 nitrogen and oxygen atoms in total. The predicted molar refractivity (Wildman–Crippen MR) is 144 cm³/mol. The van der Waals surface area contributed by atoms with Crippen LogP contribution in [0.5, 0.6) is 17.2 Å². The Kier molecular flexibility index (Phi) is 8.80. The van der Waals surface area contributed by atoms with Gasteiger partial charge in [-0.15, -0.1) is 0 Å². The smallest absolute Gasteiger partial charge is 0.272 e. The molecule has 9 heteroatoms. The summed E-state index contributed by atoms with van der Waals surface area (Å²) in [5, 5.41) is 5.98. The van der Waals surface area contributed by atoms with E-state index in [0.29, 0.717) is 53.6 Å². The Balaban J connectivity index is 1.62. The number of halogens is 2. The van der Waals surface area contributed by atoms with E-state index in [2.05, 4.69) is 21.0 Å². The maximum atomic E-state index is 13.8. The van der Waals surface area contributed by atoms with Crippen LogP contribution < -0.4 is 14.2 Å². The monoisotopic (exact) mass is 575 g/mol. The van der Waals surface area contributed by atoms with Gasteiger partial charge in [-0.3, -0.25) is 9.48 Å². The summed E-state index contributed by atoms with van der Waals surface area (Å²) in [5.74, 6) is 2.34. The van der Waals surface area contributed by atoms with Gasteiger partial charge in [-0.25, -0.2) is 0 Å². The van der Waals surface area contributed by atoms with Crippen molar-refractivity contribution in [3.8, 4) is 17.2 Å². The van der Waals surface area contributed by atoms with E-state index in [1.807, 2.05) is 49.5 Å². The predicted octanol–water partition coefficient (Wildman–Crippen LogP) is 5.97. The van der Waals surface area contributed by atoms with E-state index in [9.17, 15) is 4.79 Å². The molecule has 36 heavy (non-hydrogen) atoms. The molecule has 0 bridgehead atoms. The van der Waals surface area contributed by atoms with Crippen LogP contribution in [-0.4, -0.2) is 46.7 Å². The van der Waals surface area contributed by atoms with Gasteiger partial charge in [0.25, 0.3) is 5.91 Å². The molecule has 1 aliphatic carbocycles. The van der Waals surface area contributed by atoms with Gasteiger partial charge >= 0.3 is 0 Å². The topological polar surface area (TPSA) is 65.8 Å². The van der Waals surface area contributed by atoms with Crippen LogP contribution in [0, 0.1) is 0 Å². The standard InChI is InChI=1S/C27H31BrClN3O4/c1-31-24(15-23(30-31)19-6-7-19)27(33)32(17-20-8-9-21(34-2)14-26(20)35-3)16-18-5-10-25(22(29)13-18)36-12-4-11-28/h5,8-10,13-15,19H,4,6-7,11-12,16-17H2,1-3H3. The van der Waals surface area contributed by atoms with Crippen LogP contribution in [0.25, 0.3) is 0 Å². The highest BCUT2D eigenvalue weighted by Gasteiger charge is 2.29. The number of benzene rings is 2. The molecule has 0 radical (unpaired) electrons. The number of ether oxygens (including phenoxy) is 3. The minimum atomic E-state index is -0.108. The molecule has 1 amide bonds. The average molecular weight is 577 g/mol. The summed E-state index contributed by atoms with van der Waals surface area (Å²) in [6.07, 6.45) is 3.14. The zero-order chi connectivity index (χ0) is 25.7. The van der Waals surface area contributed by atoms with Crippen LogP contribution in [0.4, 0.5) is 0 Å². The van der Waals surface area contributed by atoms with Gasteiger partial charge in [0.15, 0.2) is 0 Å². The van der Waals surface area contributed by atoms with Crippen LogP contribution in [-0.2, 0) is 20.1 Å². The Morgan fingerprint density at radius 1 is 1.11 bits per heavy atom. The molecule has 1 saturated carbocycles. The molecule has 1 heterocycles. The molecule has 0 aliphatic heterocycles. The summed E-state index contributed by atoms with van der Waals surface area (Å²) in [5.41, 5.74) is 3.32. The first kappa shape index (κ1) is 26.4. The molecular weight excluding hydrogens is 546 g/mol. The largest absolute Gasteiger partial charge is 0.497 e. The third-order valence-electron chi connectivity index (χ3n) is 6.16. The fourth-order valence-electron chi connectivity index (χ4n) is 4.03. The van der Waals surface area contributed by atoms with Gasteiger partial charge in [0.2, 0.25) is 0 Å². The van der Waals surface area contributed by atoms with Gasteiger partial charge in [0.05, 0.1) is 38.1 Å². The number of hydrogen-bond acceptors (Lipinski definition) is 5. The van der Waals surface area contributed by atoms with Gasteiger partial charge in [-0.2, -0.15) is 5.10 Å². The molecule has 0 unspecified atom stereocenters. The Labute approximate surface area is 225 Å². The molecule has 1 fully saturated rings. The third kappa shape index (κ3) is 6.34. The van der Waals surface area contributed by atoms with Crippen LogP contribution in [0.2, 0.25) is 5.02 Å². The van der Waals surface area contributed by atoms with Crippen LogP contribution >= 0.6 is 27.5 Å². The fourth-order valence-corrected chi connectivity index (χ4v) is 4.52. The fraction of sp³-hybridized carbons (Fsp3) is 0.407. The highest BCUT2D eigenvalue weighted by Crippen LogP contribution is 2.39. The number of aromatic nitrogens is 2. The van der Waals surface area contributed by atoms with Gasteiger partial charge in [-0.1, -0.05) is 33.6 Å². The Hall–Kier alpha value is -2.71. The quantitative estimate of drug-likeness (QED) is 0.196. The second kappa shape index (κ2) is 12.0. The van der Waals surface area contributed by atoms with Crippen molar-refractivity contribution >= 4 is 33.4 Å². The second-order valence-corrected chi connectivity index (χ2v) is 10.0. The number of alkyl halides is 1. The zero-order valence-corrected chi connectivity index (χ0v) is 23.1. The lowest BCUT2D eigenvalue weighted by Crippen LogP contribution is -2.31. The first-order chi connectivity index (χ1) is 17.4. The van der Waals surface area contributed by atoms with E-state index in [-0.39, 0.29) is 5.91 Å². The van der Waals surface area contributed by atoms with Crippen LogP contribution in [0.3, 0.4) is 0 Å². The maximum Gasteiger partial charge on any atom is 0.272 e. The van der Waals surface area contributed by atoms with Crippen molar-refractivity contribution in [2.24, 2.45) is 7.05 Å². The highest BCUT2D eigenvalue weighted by molar-refractivity contribution is 9.09. The first-order valence-electron chi connectivity index (χ1n) is 11.9. The Bertz CT molecular complexity index is 1210. The molecule has 1 aliphatic rings. The van der Waals surface area contributed by atoms with E-state index < -0.39 is 0 Å². The summed E-state index contributed by atoms with van der Waals surface area (Å²) >= 11 is 9.92. The van der Waals surface area contributed by atoms with E-state index >= 15 is 0 Å². The molecule has 0 saturated heterocycles. The van der Waals surface area contributed by atoms with Crippen molar-refractivity contribution in [2.45, 2.75) is 38.3 Å². The molecular formula is C27H31BrClN3O4. The summed E-state index contributed by atoms with van der Waals surface area (Å²) in [6, 6.07) is 13.2. The normalized spacial score (nSPS) is 12.9. The summed E-state index contributed by atoms with van der Waals surface area (Å²) < 4.78 is 18.4. The lowest BCUT2D eigenvalue weighted by Gasteiger charge is -2.24. The second-order valence-electron chi connectivity index (χ2n) is 8.85. The van der Waals surface area contributed by atoms with E-state index in [1.54, 1.807) is 23.8 Å². The molecule has 0 atom stereocenters. The summed E-state index contributed by atoms with van der Waals surface area (Å²) in [6.45, 7) is 1.28. The Morgan fingerprint density at radius 2 is 1.92 bits per heavy atom. The first-order valence-corrected chi connectivity index (χ1v) is 13.4. The number of carbonyl (C=O) groups is 1. The van der Waals surface area contributed by atoms with Gasteiger partial charge in [0, 0.05) is 36.5 Å². The minimum absolute atomic E-state index is 0.108. The summed E-state index contributed by atoms with van der Waals surface area (Å²) in [4.78, 5) is 15.6. The number of carbonyl (C=O) groups excluding carboxylic acids is 1. The summed E-state index contributed by atoms with van der Waals surface area (Å²) in [7, 11) is 5.05. The van der Waals surface area contributed by atoms with Crippen molar-refractivity contribution in [1.29, 1.82) is 0 Å². The Morgan fingerprint density at radius 3 is 2.58 bits per heavy atom. The average Bonchev–Trinajstić information content (AvgIpc) is 3.66. The van der Waals surface area contributed by atoms with Crippen molar-refractivity contribution < 1.29 is 19.0 Å². The molecule has 3 aromatic rings. The SMILES string of the molecule is COc1ccc(CN(Cc2ccc(OCCCBr)c(Cl)c2)C(=O)c2cc(C3CC3)nn2C)c(OC)c1. The lowest BCUT2D eigenvalue weighted by atomic mass is 10.1. The molecule has 0 N–H and O–H groups in total. The number of hydrogen-bond donors (Lipinski definition) is 0. The highest BCUT2D eigenvalue weighted by atomic mass is 79.9. The number of methoxy groups -OCH3 is 2. The van der Waals surface area contributed by atoms with Crippen molar-refractivity contribution in [3.63, 3.8) is 0 Å². The van der Waals surface area contributed by atoms with Crippen molar-refractivity contribution in [3.05, 3.63) is 70.0 Å². The van der Waals surface area contributed by atoms with Crippen LogP contribution in [0.1, 0.15) is 52.5 Å². The van der Waals surface area contributed by atoms with E-state index in [4.69, 9.17) is 25.8 Å². The van der Waals surface area contributed by atoms with Gasteiger partial charge < -0.3 is 19.1 Å². The molecule has 1 aromatic heterocycles. The molecule has 4 rings (SSSR count). The number of nitrogens with zero attached hydrogens (tertiary/aromatic N) is 3. The minimum Gasteiger partial charge on any atom is -0.497 e. The van der Waals surface area contributed by atoms with Crippen molar-refractivity contribution in [1.82, 2.24) is 14.7 Å². The molecule has 192 valence electrons. The lowest BCUT2D eigenvalue weighted by molar-refractivity contribution is 0.0717. The van der Waals surface area contributed by atoms with Gasteiger partial charge in [-0.05, 0) is 55.2 Å². The maximum absolute atomic E-state index is 13.8. The number of rotatable bonds is 12. The van der Waals surface area contributed by atoms with Gasteiger partial charge in [0.1, 0.15) is 22.9 Å². The van der Waals surface area contributed by atoms with E-state index in [0.717, 1.165) is 41.4 Å². The van der Waals surface area contributed by atoms with E-state index in [1.165, 1.54) is 0 Å². The molecule has 0 spiro atoms. The molecule has 2 aromatic carbocycles. The number of aryl methyl sites for hydroxylation is 1. The zero-order valence-electron chi connectivity index (χ0n) is 20.8.